The number of rotatable bonds is 3. The maximum Gasteiger partial charge on any atom is 0.397 e. The first-order valence-electron chi connectivity index (χ1n) is 5.99. The number of aromatic nitrogens is 2. The maximum atomic E-state index is 11.1. The van der Waals surface area contributed by atoms with Gasteiger partial charge in [0.1, 0.15) is 5.39 Å². The molecular formula is C14H10BrN3O2. The van der Waals surface area contributed by atoms with E-state index in [-0.39, 0.29) is 5.82 Å². The lowest BCUT2D eigenvalue weighted by molar-refractivity contribution is -0.388. The van der Waals surface area contributed by atoms with Gasteiger partial charge in [0.2, 0.25) is 0 Å². The highest BCUT2D eigenvalue weighted by Gasteiger charge is 2.21. The molecule has 0 atom stereocenters. The summed E-state index contributed by atoms with van der Waals surface area (Å²) < 4.78 is 2.46. The lowest BCUT2D eigenvalue weighted by Crippen LogP contribution is -2.02. The normalized spacial score (nSPS) is 10.8. The van der Waals surface area contributed by atoms with Gasteiger partial charge < -0.3 is 10.1 Å². The average Bonchev–Trinajstić information content (AvgIpc) is 2.78. The molecule has 2 aromatic carbocycles. The van der Waals surface area contributed by atoms with Crippen LogP contribution in [0.2, 0.25) is 0 Å². The Hall–Kier alpha value is -2.21. The highest BCUT2D eigenvalue weighted by atomic mass is 79.9. The minimum absolute atomic E-state index is 0.114. The zero-order valence-corrected chi connectivity index (χ0v) is 11.9. The van der Waals surface area contributed by atoms with Gasteiger partial charge in [-0.15, -0.1) is 0 Å². The van der Waals surface area contributed by atoms with Crippen LogP contribution in [0.15, 0.2) is 53.0 Å². The molecule has 5 nitrogen and oxygen atoms in total. The molecule has 0 saturated carbocycles. The fourth-order valence-corrected chi connectivity index (χ4v) is 2.51. The molecule has 20 heavy (non-hydrogen) atoms. The third-order valence-electron chi connectivity index (χ3n) is 3.04. The van der Waals surface area contributed by atoms with Gasteiger partial charge in [-0.25, -0.2) is 0 Å². The zero-order chi connectivity index (χ0) is 14.1. The van der Waals surface area contributed by atoms with E-state index in [9.17, 15) is 10.1 Å². The molecule has 0 radical (unpaired) electrons. The van der Waals surface area contributed by atoms with Gasteiger partial charge in [0.15, 0.2) is 0 Å². The molecule has 0 aliphatic rings. The Bertz CT molecular complexity index is 784. The molecule has 0 fully saturated rings. The molecule has 6 heteroatoms. The molecule has 0 unspecified atom stereocenters. The maximum absolute atomic E-state index is 11.1. The highest BCUT2D eigenvalue weighted by molar-refractivity contribution is 9.10. The first kappa shape index (κ1) is 12.8. The summed E-state index contributed by atoms with van der Waals surface area (Å²) in [4.78, 5) is 10.7. The van der Waals surface area contributed by atoms with Crippen molar-refractivity contribution in [3.05, 3.63) is 68.7 Å². The molecule has 0 spiro atoms. The van der Waals surface area contributed by atoms with Gasteiger partial charge in [-0.3, -0.25) is 0 Å². The highest BCUT2D eigenvalue weighted by Crippen LogP contribution is 2.28. The van der Waals surface area contributed by atoms with Gasteiger partial charge in [0, 0.05) is 4.47 Å². The predicted molar refractivity (Wildman–Crippen MR) is 79.6 cm³/mol. The Morgan fingerprint density at radius 2 is 1.95 bits per heavy atom. The second-order valence-electron chi connectivity index (χ2n) is 4.39. The molecule has 0 saturated heterocycles. The topological polar surface area (TPSA) is 61.0 Å². The van der Waals surface area contributed by atoms with Gasteiger partial charge in [-0.05, 0) is 28.7 Å². The quantitative estimate of drug-likeness (QED) is 0.542. The van der Waals surface area contributed by atoms with E-state index in [1.54, 1.807) is 10.7 Å². The largest absolute Gasteiger partial charge is 0.397 e. The van der Waals surface area contributed by atoms with Crippen LogP contribution in [0.25, 0.3) is 10.9 Å². The van der Waals surface area contributed by atoms with Gasteiger partial charge in [-0.2, -0.15) is 4.68 Å². The Morgan fingerprint density at radius 3 is 2.65 bits per heavy atom. The van der Waals surface area contributed by atoms with Crippen LogP contribution in [-0.4, -0.2) is 14.7 Å². The van der Waals surface area contributed by atoms with Crippen LogP contribution >= 0.6 is 15.9 Å². The molecule has 0 N–H and O–H groups in total. The lowest BCUT2D eigenvalue weighted by atomic mass is 10.2. The second-order valence-corrected chi connectivity index (χ2v) is 5.30. The number of fused-ring (bicyclic) bond motifs is 1. The predicted octanol–water partition coefficient (Wildman–Crippen LogP) is 3.76. The van der Waals surface area contributed by atoms with Crippen molar-refractivity contribution in [2.45, 2.75) is 6.54 Å². The fraction of sp³-hybridized carbons (Fsp3) is 0.0714. The Morgan fingerprint density at radius 1 is 1.20 bits per heavy atom. The lowest BCUT2D eigenvalue weighted by Gasteiger charge is -1.99. The van der Waals surface area contributed by atoms with E-state index >= 15 is 0 Å². The van der Waals surface area contributed by atoms with Crippen molar-refractivity contribution >= 4 is 32.7 Å². The Balaban J connectivity index is 2.14. The molecule has 0 bridgehead atoms. The van der Waals surface area contributed by atoms with Crippen molar-refractivity contribution in [1.29, 1.82) is 0 Å². The molecule has 100 valence electrons. The van der Waals surface area contributed by atoms with Crippen LogP contribution in [0.5, 0.6) is 0 Å². The number of hydrogen-bond donors (Lipinski definition) is 0. The van der Waals surface area contributed by atoms with Crippen LogP contribution in [0.4, 0.5) is 5.82 Å². The van der Waals surface area contributed by atoms with Crippen molar-refractivity contribution in [2.24, 2.45) is 0 Å². The minimum atomic E-state index is -0.448. The summed E-state index contributed by atoms with van der Waals surface area (Å²) >= 11 is 3.33. The number of nitro groups is 1. The van der Waals surface area contributed by atoms with E-state index < -0.39 is 4.92 Å². The van der Waals surface area contributed by atoms with Crippen LogP contribution in [0.1, 0.15) is 5.56 Å². The van der Waals surface area contributed by atoms with Crippen LogP contribution in [0.3, 0.4) is 0 Å². The number of nitrogens with zero attached hydrogens (tertiary/aromatic N) is 3. The summed E-state index contributed by atoms with van der Waals surface area (Å²) in [6.45, 7) is 0.507. The molecule has 1 heterocycles. The van der Waals surface area contributed by atoms with Crippen LogP contribution in [-0.2, 0) is 6.54 Å². The first-order chi connectivity index (χ1) is 9.65. The van der Waals surface area contributed by atoms with E-state index in [0.29, 0.717) is 11.9 Å². The van der Waals surface area contributed by atoms with Gasteiger partial charge in [0.25, 0.3) is 0 Å². The standard InChI is InChI=1S/C14H10BrN3O2/c15-11-6-7-13-12(8-11)14(18(19)20)16-17(13)9-10-4-2-1-3-5-10/h1-8H,9H2. The molecule has 3 rings (SSSR count). The van der Waals surface area contributed by atoms with E-state index in [1.165, 1.54) is 0 Å². The molecular weight excluding hydrogens is 322 g/mol. The van der Waals surface area contributed by atoms with Crippen molar-refractivity contribution in [1.82, 2.24) is 9.78 Å². The van der Waals surface area contributed by atoms with Gasteiger partial charge in [-0.1, -0.05) is 46.3 Å². The third-order valence-corrected chi connectivity index (χ3v) is 3.53. The first-order valence-corrected chi connectivity index (χ1v) is 6.79. The van der Waals surface area contributed by atoms with Gasteiger partial charge >= 0.3 is 5.82 Å². The van der Waals surface area contributed by atoms with Gasteiger partial charge in [0.05, 0.1) is 17.2 Å². The van der Waals surface area contributed by atoms with Crippen molar-refractivity contribution in [2.75, 3.05) is 0 Å². The van der Waals surface area contributed by atoms with Crippen LogP contribution in [0, 0.1) is 10.1 Å². The fourth-order valence-electron chi connectivity index (χ4n) is 2.15. The van der Waals surface area contributed by atoms with E-state index in [0.717, 1.165) is 15.6 Å². The van der Waals surface area contributed by atoms with E-state index in [1.807, 2.05) is 42.5 Å². The minimum Gasteiger partial charge on any atom is -0.358 e. The average molecular weight is 332 g/mol. The molecule has 0 aliphatic carbocycles. The number of hydrogen-bond acceptors (Lipinski definition) is 3. The van der Waals surface area contributed by atoms with Crippen molar-refractivity contribution in [3.8, 4) is 0 Å². The van der Waals surface area contributed by atoms with E-state index in [4.69, 9.17) is 0 Å². The van der Waals surface area contributed by atoms with Crippen molar-refractivity contribution < 1.29 is 4.92 Å². The van der Waals surface area contributed by atoms with Crippen LogP contribution < -0.4 is 0 Å². The number of benzene rings is 2. The third kappa shape index (κ3) is 2.30. The summed E-state index contributed by atoms with van der Waals surface area (Å²) in [6, 6.07) is 15.2. The number of halogens is 1. The summed E-state index contributed by atoms with van der Waals surface area (Å²) in [6.07, 6.45) is 0. The summed E-state index contributed by atoms with van der Waals surface area (Å²) in [7, 11) is 0. The summed E-state index contributed by atoms with van der Waals surface area (Å²) in [5.41, 5.74) is 1.80. The molecule has 3 aromatic rings. The SMILES string of the molecule is O=[N+]([O-])c1nn(Cc2ccccc2)c2ccc(Br)cc12. The monoisotopic (exact) mass is 331 g/mol. The molecule has 0 aliphatic heterocycles. The smallest absolute Gasteiger partial charge is 0.358 e. The zero-order valence-electron chi connectivity index (χ0n) is 10.4. The summed E-state index contributed by atoms with van der Waals surface area (Å²) in [5, 5.41) is 15.8. The Kier molecular flexibility index (Phi) is 3.23. The molecule has 1 aromatic heterocycles. The van der Waals surface area contributed by atoms with Crippen molar-refractivity contribution in [3.63, 3.8) is 0 Å². The summed E-state index contributed by atoms with van der Waals surface area (Å²) in [5.74, 6) is -0.114. The second kappa shape index (κ2) is 5.05. The van der Waals surface area contributed by atoms with E-state index in [2.05, 4.69) is 21.0 Å². The molecule has 0 amide bonds. The Labute approximate surface area is 123 Å².